The molecular formula is C19H17FN4O2S. The second kappa shape index (κ2) is 8.41. The molecule has 8 heteroatoms. The van der Waals surface area contributed by atoms with E-state index in [9.17, 15) is 14.0 Å². The number of urea groups is 1. The summed E-state index contributed by atoms with van der Waals surface area (Å²) in [6.07, 6.45) is 0.146. The average molecular weight is 384 g/mol. The SMILES string of the molecule is NC(=O)Nc1ccc(CNC(=O)Cc2csc(-c3cccc(F)c3)n2)cc1. The number of nitrogens with zero attached hydrogens (tertiary/aromatic N) is 1. The maximum Gasteiger partial charge on any atom is 0.316 e. The Labute approximate surface area is 159 Å². The Morgan fingerprint density at radius 3 is 2.63 bits per heavy atom. The highest BCUT2D eigenvalue weighted by molar-refractivity contribution is 7.13. The van der Waals surface area contributed by atoms with Gasteiger partial charge in [0.15, 0.2) is 0 Å². The second-order valence-electron chi connectivity index (χ2n) is 5.79. The van der Waals surface area contributed by atoms with Gasteiger partial charge in [-0.2, -0.15) is 0 Å². The molecule has 0 unspecified atom stereocenters. The lowest BCUT2D eigenvalue weighted by Crippen LogP contribution is -2.24. The third kappa shape index (κ3) is 5.35. The van der Waals surface area contributed by atoms with Crippen molar-refractivity contribution in [3.63, 3.8) is 0 Å². The number of rotatable bonds is 6. The molecule has 4 N–H and O–H groups in total. The maximum absolute atomic E-state index is 13.3. The zero-order valence-electron chi connectivity index (χ0n) is 14.2. The van der Waals surface area contributed by atoms with Crippen LogP contribution in [0.5, 0.6) is 0 Å². The van der Waals surface area contributed by atoms with E-state index in [4.69, 9.17) is 5.73 Å². The normalized spacial score (nSPS) is 10.4. The van der Waals surface area contributed by atoms with Gasteiger partial charge in [-0.05, 0) is 29.8 Å². The monoisotopic (exact) mass is 384 g/mol. The Morgan fingerprint density at radius 2 is 1.93 bits per heavy atom. The maximum atomic E-state index is 13.3. The van der Waals surface area contributed by atoms with E-state index in [-0.39, 0.29) is 18.1 Å². The third-order valence-corrected chi connectivity index (χ3v) is 4.62. The van der Waals surface area contributed by atoms with Crippen LogP contribution in [0.1, 0.15) is 11.3 Å². The minimum absolute atomic E-state index is 0.146. The van der Waals surface area contributed by atoms with Crippen molar-refractivity contribution < 1.29 is 14.0 Å². The number of amides is 3. The number of benzene rings is 2. The summed E-state index contributed by atoms with van der Waals surface area (Å²) in [6, 6.07) is 12.6. The van der Waals surface area contributed by atoms with Gasteiger partial charge in [0.1, 0.15) is 10.8 Å². The molecule has 3 rings (SSSR count). The van der Waals surface area contributed by atoms with E-state index in [1.165, 1.54) is 23.5 Å². The summed E-state index contributed by atoms with van der Waals surface area (Å²) in [5.41, 5.74) is 7.85. The molecule has 6 nitrogen and oxygen atoms in total. The number of halogens is 1. The van der Waals surface area contributed by atoms with Crippen LogP contribution in [-0.4, -0.2) is 16.9 Å². The van der Waals surface area contributed by atoms with E-state index in [1.807, 2.05) is 0 Å². The summed E-state index contributed by atoms with van der Waals surface area (Å²) < 4.78 is 13.3. The zero-order chi connectivity index (χ0) is 19.2. The van der Waals surface area contributed by atoms with Crippen molar-refractivity contribution in [1.82, 2.24) is 10.3 Å². The molecule has 0 aliphatic carbocycles. The molecule has 3 aromatic rings. The van der Waals surface area contributed by atoms with Gasteiger partial charge < -0.3 is 16.4 Å². The smallest absolute Gasteiger partial charge is 0.316 e. The highest BCUT2D eigenvalue weighted by Crippen LogP contribution is 2.24. The van der Waals surface area contributed by atoms with Crippen LogP contribution in [-0.2, 0) is 17.8 Å². The molecule has 27 heavy (non-hydrogen) atoms. The number of thiazole rings is 1. The van der Waals surface area contributed by atoms with Crippen LogP contribution in [0.4, 0.5) is 14.9 Å². The van der Waals surface area contributed by atoms with Crippen molar-refractivity contribution in [2.24, 2.45) is 5.73 Å². The molecule has 0 saturated heterocycles. The van der Waals surface area contributed by atoms with E-state index in [0.29, 0.717) is 28.5 Å². The molecule has 1 heterocycles. The van der Waals surface area contributed by atoms with E-state index in [0.717, 1.165) is 5.56 Å². The number of carbonyl (C=O) groups excluding carboxylic acids is 2. The fourth-order valence-electron chi connectivity index (χ4n) is 2.42. The van der Waals surface area contributed by atoms with Crippen LogP contribution >= 0.6 is 11.3 Å². The van der Waals surface area contributed by atoms with Gasteiger partial charge in [0.05, 0.1) is 12.1 Å². The minimum Gasteiger partial charge on any atom is -0.352 e. The van der Waals surface area contributed by atoms with Crippen molar-refractivity contribution in [3.05, 3.63) is 71.0 Å². The standard InChI is InChI=1S/C19H17FN4O2S/c20-14-3-1-2-13(8-14)18-23-16(11-27-18)9-17(25)22-10-12-4-6-15(7-5-12)24-19(21)26/h1-8,11H,9-10H2,(H,22,25)(H3,21,24,26). The number of aromatic nitrogens is 1. The van der Waals surface area contributed by atoms with Gasteiger partial charge >= 0.3 is 6.03 Å². The second-order valence-corrected chi connectivity index (χ2v) is 6.65. The van der Waals surface area contributed by atoms with Gasteiger partial charge in [-0.25, -0.2) is 14.2 Å². The molecule has 0 radical (unpaired) electrons. The Balaban J connectivity index is 1.53. The van der Waals surface area contributed by atoms with Crippen molar-refractivity contribution in [1.29, 1.82) is 0 Å². The van der Waals surface area contributed by atoms with E-state index in [2.05, 4.69) is 15.6 Å². The first-order chi connectivity index (χ1) is 13.0. The lowest BCUT2D eigenvalue weighted by atomic mass is 10.2. The number of carbonyl (C=O) groups is 2. The molecule has 0 saturated carbocycles. The Hall–Kier alpha value is -3.26. The van der Waals surface area contributed by atoms with E-state index < -0.39 is 6.03 Å². The minimum atomic E-state index is -0.628. The fraction of sp³-hybridized carbons (Fsp3) is 0.105. The van der Waals surface area contributed by atoms with Crippen molar-refractivity contribution in [2.45, 2.75) is 13.0 Å². The predicted molar refractivity (Wildman–Crippen MR) is 103 cm³/mol. The lowest BCUT2D eigenvalue weighted by molar-refractivity contribution is -0.120. The number of primary amides is 1. The summed E-state index contributed by atoms with van der Waals surface area (Å²) in [4.78, 5) is 27.3. The van der Waals surface area contributed by atoms with Crippen LogP contribution in [0.3, 0.4) is 0 Å². The summed E-state index contributed by atoms with van der Waals surface area (Å²) in [7, 11) is 0. The Bertz CT molecular complexity index is 956. The predicted octanol–water partition coefficient (Wildman–Crippen LogP) is 3.30. The fourth-order valence-corrected chi connectivity index (χ4v) is 3.23. The highest BCUT2D eigenvalue weighted by Gasteiger charge is 2.09. The summed E-state index contributed by atoms with van der Waals surface area (Å²) in [5.74, 6) is -0.482. The highest BCUT2D eigenvalue weighted by atomic mass is 32.1. The van der Waals surface area contributed by atoms with Crippen LogP contribution in [0.25, 0.3) is 10.6 Å². The number of hydrogen-bond donors (Lipinski definition) is 3. The first-order valence-corrected chi connectivity index (χ1v) is 9.00. The summed E-state index contributed by atoms with van der Waals surface area (Å²) >= 11 is 1.37. The molecule has 0 aliphatic rings. The first-order valence-electron chi connectivity index (χ1n) is 8.12. The third-order valence-electron chi connectivity index (χ3n) is 3.68. The quantitative estimate of drug-likeness (QED) is 0.608. The van der Waals surface area contributed by atoms with E-state index in [1.54, 1.807) is 41.8 Å². The average Bonchev–Trinajstić information content (AvgIpc) is 3.09. The van der Waals surface area contributed by atoms with Gasteiger partial charge in [0.25, 0.3) is 0 Å². The molecule has 0 aliphatic heterocycles. The van der Waals surface area contributed by atoms with Gasteiger partial charge in [-0.3, -0.25) is 4.79 Å². The molecular weight excluding hydrogens is 367 g/mol. The number of nitrogens with two attached hydrogens (primary N) is 1. The van der Waals surface area contributed by atoms with E-state index >= 15 is 0 Å². The summed E-state index contributed by atoms with van der Waals surface area (Å²) in [5, 5.41) is 7.76. The van der Waals surface area contributed by atoms with Crippen molar-refractivity contribution >= 4 is 29.0 Å². The molecule has 0 spiro atoms. The Morgan fingerprint density at radius 1 is 1.15 bits per heavy atom. The van der Waals surface area contributed by atoms with Crippen LogP contribution < -0.4 is 16.4 Å². The van der Waals surface area contributed by atoms with Gasteiger partial charge in [-0.1, -0.05) is 24.3 Å². The molecule has 2 aromatic carbocycles. The summed E-state index contributed by atoms with van der Waals surface area (Å²) in [6.45, 7) is 0.358. The molecule has 3 amide bonds. The van der Waals surface area contributed by atoms with Crippen LogP contribution in [0.15, 0.2) is 53.9 Å². The number of nitrogens with one attached hydrogen (secondary N) is 2. The lowest BCUT2D eigenvalue weighted by Gasteiger charge is -2.06. The zero-order valence-corrected chi connectivity index (χ0v) is 15.1. The van der Waals surface area contributed by atoms with Crippen molar-refractivity contribution in [2.75, 3.05) is 5.32 Å². The van der Waals surface area contributed by atoms with Gasteiger partial charge in [-0.15, -0.1) is 11.3 Å². The topological polar surface area (TPSA) is 97.1 Å². The van der Waals surface area contributed by atoms with Crippen molar-refractivity contribution in [3.8, 4) is 10.6 Å². The van der Waals surface area contributed by atoms with Gasteiger partial charge in [0, 0.05) is 23.2 Å². The molecule has 1 aromatic heterocycles. The van der Waals surface area contributed by atoms with Gasteiger partial charge in [0.2, 0.25) is 5.91 Å². The number of anilines is 1. The van der Waals surface area contributed by atoms with Crippen LogP contribution in [0, 0.1) is 5.82 Å². The Kier molecular flexibility index (Phi) is 5.77. The molecule has 138 valence electrons. The molecule has 0 bridgehead atoms. The van der Waals surface area contributed by atoms with Crippen LogP contribution in [0.2, 0.25) is 0 Å². The largest absolute Gasteiger partial charge is 0.352 e. The molecule has 0 fully saturated rings. The number of hydrogen-bond acceptors (Lipinski definition) is 4. The molecule has 0 atom stereocenters. The first kappa shape index (κ1) is 18.5.